The average Bonchev–Trinajstić information content (AvgIpc) is 3.04. The summed E-state index contributed by atoms with van der Waals surface area (Å²) < 4.78 is 18.6. The molecule has 116 valence electrons. The lowest BCUT2D eigenvalue weighted by Gasteiger charge is -2.01. The first-order valence-corrected chi connectivity index (χ1v) is 6.84. The number of aryl methyl sites for hydroxylation is 1. The Balaban J connectivity index is 1.91. The number of hydrogen-bond acceptors (Lipinski definition) is 5. The number of aromatic nitrogens is 4. The van der Waals surface area contributed by atoms with Gasteiger partial charge in [-0.15, -0.1) is 15.0 Å². The van der Waals surface area contributed by atoms with Gasteiger partial charge < -0.3 is 4.74 Å². The standard InChI is InChI=1S/C16H13FN4O2/c1-10-3-8-14(13(17)9-10)21-19-15(18-20-21)11-4-6-12(7-5-11)16(22)23-2/h3-9H,1-2H3. The third-order valence-corrected chi connectivity index (χ3v) is 3.30. The molecule has 0 amide bonds. The number of tetrazole rings is 1. The lowest BCUT2D eigenvalue weighted by Crippen LogP contribution is -2.02. The van der Waals surface area contributed by atoms with E-state index in [-0.39, 0.29) is 5.69 Å². The summed E-state index contributed by atoms with van der Waals surface area (Å²) in [5.74, 6) is -0.508. The Morgan fingerprint density at radius 2 is 1.91 bits per heavy atom. The molecule has 0 atom stereocenters. The van der Waals surface area contributed by atoms with Crippen LogP contribution in [0.1, 0.15) is 15.9 Å². The molecule has 0 radical (unpaired) electrons. The summed E-state index contributed by atoms with van der Waals surface area (Å²) in [6.45, 7) is 1.80. The summed E-state index contributed by atoms with van der Waals surface area (Å²) >= 11 is 0. The number of benzene rings is 2. The number of nitrogens with zero attached hydrogens (tertiary/aromatic N) is 4. The van der Waals surface area contributed by atoms with Crippen molar-refractivity contribution in [1.82, 2.24) is 20.2 Å². The van der Waals surface area contributed by atoms with Gasteiger partial charge in [0, 0.05) is 5.56 Å². The van der Waals surface area contributed by atoms with Crippen molar-refractivity contribution in [3.63, 3.8) is 0 Å². The van der Waals surface area contributed by atoms with Crippen molar-refractivity contribution in [2.75, 3.05) is 7.11 Å². The van der Waals surface area contributed by atoms with Crippen molar-refractivity contribution in [1.29, 1.82) is 0 Å². The largest absolute Gasteiger partial charge is 0.465 e. The summed E-state index contributed by atoms with van der Waals surface area (Å²) in [6.07, 6.45) is 0. The van der Waals surface area contributed by atoms with E-state index in [4.69, 9.17) is 0 Å². The molecular weight excluding hydrogens is 299 g/mol. The minimum Gasteiger partial charge on any atom is -0.465 e. The van der Waals surface area contributed by atoms with E-state index >= 15 is 0 Å². The Labute approximate surface area is 131 Å². The number of esters is 1. The summed E-state index contributed by atoms with van der Waals surface area (Å²) in [7, 11) is 1.32. The number of halogens is 1. The normalized spacial score (nSPS) is 10.6. The van der Waals surface area contributed by atoms with Crippen LogP contribution in [0, 0.1) is 12.7 Å². The molecule has 0 spiro atoms. The number of carbonyl (C=O) groups excluding carboxylic acids is 1. The minimum atomic E-state index is -0.421. The molecule has 0 unspecified atom stereocenters. The molecule has 0 fully saturated rings. The summed E-state index contributed by atoms with van der Waals surface area (Å²) in [6, 6.07) is 11.3. The predicted molar refractivity (Wildman–Crippen MR) is 80.6 cm³/mol. The van der Waals surface area contributed by atoms with Crippen molar-refractivity contribution in [3.05, 3.63) is 59.4 Å². The monoisotopic (exact) mass is 312 g/mol. The number of methoxy groups -OCH3 is 1. The summed E-state index contributed by atoms with van der Waals surface area (Å²) in [5, 5.41) is 12.0. The second-order valence-electron chi connectivity index (χ2n) is 4.93. The second kappa shape index (κ2) is 5.96. The van der Waals surface area contributed by atoms with E-state index in [0.29, 0.717) is 17.0 Å². The molecule has 2 aromatic carbocycles. The second-order valence-corrected chi connectivity index (χ2v) is 4.93. The van der Waals surface area contributed by atoms with Gasteiger partial charge in [0.05, 0.1) is 12.7 Å². The molecule has 0 aliphatic heterocycles. The van der Waals surface area contributed by atoms with Crippen LogP contribution in [0.5, 0.6) is 0 Å². The molecule has 3 aromatic rings. The SMILES string of the molecule is COC(=O)c1ccc(-c2nnn(-c3ccc(C)cc3F)n2)cc1. The first kappa shape index (κ1) is 14.8. The zero-order chi connectivity index (χ0) is 16.4. The van der Waals surface area contributed by atoms with Gasteiger partial charge in [0.15, 0.2) is 5.82 Å². The lowest BCUT2D eigenvalue weighted by atomic mass is 10.1. The molecule has 0 bridgehead atoms. The highest BCUT2D eigenvalue weighted by atomic mass is 19.1. The fourth-order valence-corrected chi connectivity index (χ4v) is 2.08. The molecule has 0 saturated heterocycles. The molecule has 0 saturated carbocycles. The third kappa shape index (κ3) is 2.94. The van der Waals surface area contributed by atoms with Gasteiger partial charge in [0.1, 0.15) is 5.69 Å². The highest BCUT2D eigenvalue weighted by molar-refractivity contribution is 5.89. The summed E-state index contributed by atoms with van der Waals surface area (Å²) in [5.41, 5.74) is 2.12. The zero-order valence-electron chi connectivity index (χ0n) is 12.5. The number of hydrogen-bond donors (Lipinski definition) is 0. The van der Waals surface area contributed by atoms with Gasteiger partial charge in [-0.2, -0.15) is 0 Å². The van der Waals surface area contributed by atoms with Crippen LogP contribution in [0.4, 0.5) is 4.39 Å². The van der Waals surface area contributed by atoms with Crippen LogP contribution < -0.4 is 0 Å². The Kier molecular flexibility index (Phi) is 3.84. The lowest BCUT2D eigenvalue weighted by molar-refractivity contribution is 0.0601. The fourth-order valence-electron chi connectivity index (χ4n) is 2.08. The molecule has 0 aliphatic rings. The van der Waals surface area contributed by atoms with Gasteiger partial charge in [0.25, 0.3) is 0 Å². The van der Waals surface area contributed by atoms with E-state index in [1.807, 2.05) is 0 Å². The van der Waals surface area contributed by atoms with E-state index in [9.17, 15) is 9.18 Å². The van der Waals surface area contributed by atoms with Crippen molar-refractivity contribution >= 4 is 5.97 Å². The van der Waals surface area contributed by atoms with E-state index in [1.165, 1.54) is 13.2 Å². The van der Waals surface area contributed by atoms with Gasteiger partial charge in [0.2, 0.25) is 5.82 Å². The molecule has 23 heavy (non-hydrogen) atoms. The smallest absolute Gasteiger partial charge is 0.337 e. The number of rotatable bonds is 3. The van der Waals surface area contributed by atoms with E-state index < -0.39 is 11.8 Å². The number of carbonyl (C=O) groups is 1. The molecule has 0 N–H and O–H groups in total. The molecule has 0 aliphatic carbocycles. The van der Waals surface area contributed by atoms with Crippen LogP contribution in [-0.2, 0) is 4.74 Å². The average molecular weight is 312 g/mol. The van der Waals surface area contributed by atoms with E-state index in [1.54, 1.807) is 43.3 Å². The van der Waals surface area contributed by atoms with Gasteiger partial charge >= 0.3 is 5.97 Å². The zero-order valence-corrected chi connectivity index (χ0v) is 12.5. The molecule has 1 heterocycles. The van der Waals surface area contributed by atoms with Crippen LogP contribution in [0.15, 0.2) is 42.5 Å². The Hall–Kier alpha value is -3.09. The fraction of sp³-hybridized carbons (Fsp3) is 0.125. The first-order chi connectivity index (χ1) is 11.1. The maximum absolute atomic E-state index is 13.9. The first-order valence-electron chi connectivity index (χ1n) is 6.84. The molecule has 6 nitrogen and oxygen atoms in total. The van der Waals surface area contributed by atoms with Crippen LogP contribution in [0.3, 0.4) is 0 Å². The van der Waals surface area contributed by atoms with Crippen LogP contribution in [0.2, 0.25) is 0 Å². The van der Waals surface area contributed by atoms with Gasteiger partial charge in [-0.25, -0.2) is 9.18 Å². The highest BCUT2D eigenvalue weighted by Gasteiger charge is 2.12. The molecule has 3 rings (SSSR count). The van der Waals surface area contributed by atoms with Crippen molar-refractivity contribution in [3.8, 4) is 17.1 Å². The van der Waals surface area contributed by atoms with E-state index in [2.05, 4.69) is 20.1 Å². The predicted octanol–water partition coefficient (Wildman–Crippen LogP) is 2.56. The van der Waals surface area contributed by atoms with E-state index in [0.717, 1.165) is 10.4 Å². The maximum Gasteiger partial charge on any atom is 0.337 e. The maximum atomic E-state index is 13.9. The summed E-state index contributed by atoms with van der Waals surface area (Å²) in [4.78, 5) is 12.5. The highest BCUT2D eigenvalue weighted by Crippen LogP contribution is 2.18. The van der Waals surface area contributed by atoms with Crippen molar-refractivity contribution < 1.29 is 13.9 Å². The van der Waals surface area contributed by atoms with Gasteiger partial charge in [-0.1, -0.05) is 18.2 Å². The Morgan fingerprint density at radius 1 is 1.17 bits per heavy atom. The van der Waals surface area contributed by atoms with Crippen LogP contribution >= 0.6 is 0 Å². The van der Waals surface area contributed by atoms with Gasteiger partial charge in [-0.3, -0.25) is 0 Å². The quantitative estimate of drug-likeness (QED) is 0.695. The molecular formula is C16H13FN4O2. The van der Waals surface area contributed by atoms with Crippen LogP contribution in [-0.4, -0.2) is 33.3 Å². The third-order valence-electron chi connectivity index (χ3n) is 3.30. The Morgan fingerprint density at radius 3 is 2.57 bits per heavy atom. The Bertz CT molecular complexity index is 859. The minimum absolute atomic E-state index is 0.223. The van der Waals surface area contributed by atoms with Crippen molar-refractivity contribution in [2.45, 2.75) is 6.92 Å². The number of ether oxygens (including phenoxy) is 1. The molecule has 1 aromatic heterocycles. The topological polar surface area (TPSA) is 69.9 Å². The molecule has 7 heteroatoms. The van der Waals surface area contributed by atoms with Crippen molar-refractivity contribution in [2.24, 2.45) is 0 Å². The van der Waals surface area contributed by atoms with Gasteiger partial charge in [-0.05, 0) is 42.0 Å². The van der Waals surface area contributed by atoms with Crippen LogP contribution in [0.25, 0.3) is 17.1 Å².